The molecular formula is C24H23F3N4O3. The van der Waals surface area contributed by atoms with Gasteiger partial charge in [-0.05, 0) is 25.5 Å². The van der Waals surface area contributed by atoms with Gasteiger partial charge in [-0.1, -0.05) is 54.9 Å². The molecule has 34 heavy (non-hydrogen) atoms. The summed E-state index contributed by atoms with van der Waals surface area (Å²) in [5, 5.41) is 6.21. The molecule has 1 amide bonds. The van der Waals surface area contributed by atoms with Crippen molar-refractivity contribution in [3.8, 4) is 11.4 Å². The van der Waals surface area contributed by atoms with Gasteiger partial charge in [0.05, 0.1) is 11.6 Å². The molecule has 0 bridgehead atoms. The van der Waals surface area contributed by atoms with Crippen molar-refractivity contribution >= 4 is 5.91 Å². The number of halogens is 3. The van der Waals surface area contributed by atoms with E-state index in [-0.39, 0.29) is 29.4 Å². The average Bonchev–Trinajstić information content (AvgIpc) is 3.49. The van der Waals surface area contributed by atoms with E-state index in [1.807, 2.05) is 26.8 Å². The Hall–Kier alpha value is -3.69. The lowest BCUT2D eigenvalue weighted by Crippen LogP contribution is -2.37. The second-order valence-electron chi connectivity index (χ2n) is 8.79. The van der Waals surface area contributed by atoms with Crippen LogP contribution < -0.4 is 5.32 Å². The second-order valence-corrected chi connectivity index (χ2v) is 8.79. The molecule has 1 atom stereocenters. The van der Waals surface area contributed by atoms with Gasteiger partial charge in [-0.15, -0.1) is 0 Å². The van der Waals surface area contributed by atoms with Crippen molar-refractivity contribution in [1.82, 2.24) is 20.4 Å². The van der Waals surface area contributed by atoms with Crippen molar-refractivity contribution in [2.75, 3.05) is 6.54 Å². The molecule has 0 saturated carbocycles. The number of allylic oxidation sites excluding steroid dienone is 4. The van der Waals surface area contributed by atoms with Crippen LogP contribution in [0.5, 0.6) is 0 Å². The molecule has 0 fully saturated rings. The molecule has 0 saturated heterocycles. The van der Waals surface area contributed by atoms with Gasteiger partial charge in [0.2, 0.25) is 11.7 Å². The third-order valence-electron chi connectivity index (χ3n) is 5.56. The second kappa shape index (κ2) is 8.92. The molecule has 1 unspecified atom stereocenters. The van der Waals surface area contributed by atoms with Gasteiger partial charge in [0.1, 0.15) is 6.26 Å². The van der Waals surface area contributed by atoms with Gasteiger partial charge in [-0.3, -0.25) is 4.79 Å². The maximum atomic E-state index is 12.7. The standard InChI is InChI=1S/C24H23F3N4O3/c1-14-7-9-15(10-8-14)21-29-18(12-33-21)23(2,3)13-28-20(32)17-6-4-5-16(11-17)19-30-22(34-31-19)24(25,26)27/h4-9,11-12,15H,10,13H2,1-3H3,(H,28,32). The van der Waals surface area contributed by atoms with Crippen molar-refractivity contribution in [2.24, 2.45) is 0 Å². The lowest BCUT2D eigenvalue weighted by Gasteiger charge is -2.22. The number of amides is 1. The Kier molecular flexibility index (Phi) is 6.16. The molecule has 3 aromatic rings. The van der Waals surface area contributed by atoms with Crippen LogP contribution >= 0.6 is 0 Å². The lowest BCUT2D eigenvalue weighted by molar-refractivity contribution is -0.159. The fourth-order valence-corrected chi connectivity index (χ4v) is 3.43. The Morgan fingerprint density at radius 2 is 2.03 bits per heavy atom. The van der Waals surface area contributed by atoms with Crippen molar-refractivity contribution in [3.63, 3.8) is 0 Å². The highest BCUT2D eigenvalue weighted by Gasteiger charge is 2.38. The minimum absolute atomic E-state index is 0.0774. The summed E-state index contributed by atoms with van der Waals surface area (Å²) in [5.41, 5.74) is 1.88. The first-order chi connectivity index (χ1) is 16.0. The molecule has 2 aromatic heterocycles. The summed E-state index contributed by atoms with van der Waals surface area (Å²) >= 11 is 0. The van der Waals surface area contributed by atoms with Crippen LogP contribution in [0.15, 0.2) is 63.3 Å². The van der Waals surface area contributed by atoms with Crippen LogP contribution in [-0.4, -0.2) is 27.6 Å². The Balaban J connectivity index is 1.42. The number of carbonyl (C=O) groups is 1. The molecule has 0 spiro atoms. The van der Waals surface area contributed by atoms with E-state index < -0.39 is 23.4 Å². The van der Waals surface area contributed by atoms with Crippen molar-refractivity contribution in [3.05, 3.63) is 77.4 Å². The van der Waals surface area contributed by atoms with E-state index in [1.165, 1.54) is 23.8 Å². The van der Waals surface area contributed by atoms with E-state index in [1.54, 1.807) is 12.3 Å². The van der Waals surface area contributed by atoms with Gasteiger partial charge in [0, 0.05) is 23.1 Å². The van der Waals surface area contributed by atoms with E-state index in [9.17, 15) is 18.0 Å². The highest BCUT2D eigenvalue weighted by atomic mass is 19.4. The zero-order valence-electron chi connectivity index (χ0n) is 18.8. The molecule has 10 heteroatoms. The van der Waals surface area contributed by atoms with E-state index in [2.05, 4.69) is 37.1 Å². The number of nitrogens with zero attached hydrogens (tertiary/aromatic N) is 3. The Labute approximate surface area is 193 Å². The highest BCUT2D eigenvalue weighted by molar-refractivity contribution is 5.95. The summed E-state index contributed by atoms with van der Waals surface area (Å²) in [4.78, 5) is 20.7. The van der Waals surface area contributed by atoms with Crippen LogP contribution in [0.1, 0.15) is 60.9 Å². The number of benzene rings is 1. The van der Waals surface area contributed by atoms with Crippen molar-refractivity contribution < 1.29 is 26.9 Å². The van der Waals surface area contributed by atoms with E-state index in [0.29, 0.717) is 11.6 Å². The Morgan fingerprint density at radius 3 is 2.71 bits per heavy atom. The van der Waals surface area contributed by atoms with Crippen LogP contribution in [0, 0.1) is 0 Å². The van der Waals surface area contributed by atoms with Crippen LogP contribution in [0.3, 0.4) is 0 Å². The molecule has 1 aromatic carbocycles. The van der Waals surface area contributed by atoms with Crippen LogP contribution in [0.4, 0.5) is 13.2 Å². The summed E-state index contributed by atoms with van der Waals surface area (Å²) in [7, 11) is 0. The molecule has 1 aliphatic rings. The molecule has 0 radical (unpaired) electrons. The first kappa shape index (κ1) is 23.5. The average molecular weight is 472 g/mol. The SMILES string of the molecule is CC1=CCC(c2nc(C(C)(C)CNC(=O)c3cccc(-c4noc(C(F)(F)F)n4)c3)co2)C=C1. The number of carbonyl (C=O) groups excluding carboxylic acids is 1. The summed E-state index contributed by atoms with van der Waals surface area (Å²) in [5.74, 6) is -1.39. The summed E-state index contributed by atoms with van der Waals surface area (Å²) in [6.45, 7) is 6.17. The molecule has 1 aliphatic carbocycles. The largest absolute Gasteiger partial charge is 0.471 e. The van der Waals surface area contributed by atoms with E-state index in [4.69, 9.17) is 4.42 Å². The van der Waals surface area contributed by atoms with Gasteiger partial charge in [0.25, 0.3) is 5.91 Å². The maximum Gasteiger partial charge on any atom is 0.471 e. The molecule has 4 rings (SSSR count). The van der Waals surface area contributed by atoms with Crippen LogP contribution in [-0.2, 0) is 11.6 Å². The first-order valence-electron chi connectivity index (χ1n) is 10.6. The molecular weight excluding hydrogens is 449 g/mol. The molecule has 178 valence electrons. The summed E-state index contributed by atoms with van der Waals surface area (Å²) in [6.07, 6.45) is 3.92. The fraction of sp³-hybridized carbons (Fsp3) is 0.333. The number of alkyl halides is 3. The minimum Gasteiger partial charge on any atom is -0.448 e. The zero-order chi connectivity index (χ0) is 24.5. The number of rotatable bonds is 6. The van der Waals surface area contributed by atoms with Gasteiger partial charge in [-0.25, -0.2) is 4.98 Å². The van der Waals surface area contributed by atoms with Gasteiger partial charge in [0.15, 0.2) is 0 Å². The quantitative estimate of drug-likeness (QED) is 0.513. The lowest BCUT2D eigenvalue weighted by atomic mass is 9.89. The van der Waals surface area contributed by atoms with Crippen molar-refractivity contribution in [2.45, 2.75) is 44.7 Å². The zero-order valence-corrected chi connectivity index (χ0v) is 18.8. The van der Waals surface area contributed by atoms with E-state index >= 15 is 0 Å². The number of hydrogen-bond acceptors (Lipinski definition) is 6. The van der Waals surface area contributed by atoms with Gasteiger partial charge >= 0.3 is 12.1 Å². The smallest absolute Gasteiger partial charge is 0.448 e. The third kappa shape index (κ3) is 5.11. The minimum atomic E-state index is -4.74. The predicted octanol–water partition coefficient (Wildman–Crippen LogP) is 5.44. The molecule has 7 nitrogen and oxygen atoms in total. The van der Waals surface area contributed by atoms with Crippen LogP contribution in [0.25, 0.3) is 11.4 Å². The topological polar surface area (TPSA) is 94.1 Å². The monoisotopic (exact) mass is 472 g/mol. The van der Waals surface area contributed by atoms with Crippen molar-refractivity contribution in [1.29, 1.82) is 0 Å². The first-order valence-corrected chi connectivity index (χ1v) is 10.6. The molecule has 1 N–H and O–H groups in total. The normalized spacial score (nSPS) is 16.4. The maximum absolute atomic E-state index is 12.7. The number of aromatic nitrogens is 3. The van der Waals surface area contributed by atoms with Gasteiger partial charge in [-0.2, -0.15) is 18.2 Å². The van der Waals surface area contributed by atoms with Gasteiger partial charge < -0.3 is 14.3 Å². The molecule has 2 heterocycles. The fourth-order valence-electron chi connectivity index (χ4n) is 3.43. The molecule has 0 aliphatic heterocycles. The summed E-state index contributed by atoms with van der Waals surface area (Å²) in [6, 6.07) is 6.00. The number of oxazole rings is 1. The third-order valence-corrected chi connectivity index (χ3v) is 5.56. The van der Waals surface area contributed by atoms with Crippen LogP contribution in [0.2, 0.25) is 0 Å². The Bertz CT molecular complexity index is 1250. The summed E-state index contributed by atoms with van der Waals surface area (Å²) < 4.78 is 48.1. The highest BCUT2D eigenvalue weighted by Crippen LogP contribution is 2.31. The number of hydrogen-bond donors (Lipinski definition) is 1. The Morgan fingerprint density at radius 1 is 1.24 bits per heavy atom. The predicted molar refractivity (Wildman–Crippen MR) is 117 cm³/mol. The van der Waals surface area contributed by atoms with E-state index in [0.717, 1.165) is 6.42 Å². The number of nitrogens with one attached hydrogen (secondary N) is 1.